The van der Waals surface area contributed by atoms with E-state index in [1.54, 1.807) is 17.4 Å². The summed E-state index contributed by atoms with van der Waals surface area (Å²) in [7, 11) is 0. The first-order valence-corrected chi connectivity index (χ1v) is 5.41. The van der Waals surface area contributed by atoms with Gasteiger partial charge in [0.2, 0.25) is 0 Å². The molecule has 0 unspecified atom stereocenters. The van der Waals surface area contributed by atoms with Gasteiger partial charge in [-0.2, -0.15) is 11.3 Å². The molecule has 0 spiro atoms. The van der Waals surface area contributed by atoms with Crippen molar-refractivity contribution in [2.45, 2.75) is 0 Å². The highest BCUT2D eigenvalue weighted by atomic mass is 32.1. The average Bonchev–Trinajstić information content (AvgIpc) is 2.71. The molecule has 0 amide bonds. The van der Waals surface area contributed by atoms with Crippen LogP contribution in [0.15, 0.2) is 35.5 Å². The Morgan fingerprint density at radius 3 is 2.73 bits per heavy atom. The summed E-state index contributed by atoms with van der Waals surface area (Å²) in [4.78, 5) is 0. The predicted octanol–water partition coefficient (Wildman–Crippen LogP) is 3.78. The maximum absolute atomic E-state index is 13.3. The Kier molecular flexibility index (Phi) is 2.56. The molecule has 0 atom stereocenters. The van der Waals surface area contributed by atoms with E-state index in [4.69, 9.17) is 5.73 Å². The first kappa shape index (κ1) is 9.93. The Labute approximate surface area is 91.7 Å². The van der Waals surface area contributed by atoms with Crippen LogP contribution >= 0.6 is 11.3 Å². The molecular formula is C12H10FNS. The molecular weight excluding hydrogens is 209 g/mol. The molecule has 2 N–H and O–H groups in total. The third kappa shape index (κ3) is 1.66. The maximum atomic E-state index is 13.3. The lowest BCUT2D eigenvalue weighted by Gasteiger charge is -2.07. The molecule has 0 saturated heterocycles. The molecule has 2 rings (SSSR count). The van der Waals surface area contributed by atoms with Crippen molar-refractivity contribution in [2.24, 2.45) is 0 Å². The van der Waals surface area contributed by atoms with Crippen LogP contribution in [-0.2, 0) is 0 Å². The summed E-state index contributed by atoms with van der Waals surface area (Å²) in [5.74, 6) is -0.332. The Hall–Kier alpha value is -1.61. The molecule has 0 radical (unpaired) electrons. The van der Waals surface area contributed by atoms with E-state index in [0.717, 1.165) is 11.1 Å². The minimum absolute atomic E-state index is 0.332. The van der Waals surface area contributed by atoms with E-state index >= 15 is 0 Å². The van der Waals surface area contributed by atoms with Gasteiger partial charge in [-0.05, 0) is 34.5 Å². The summed E-state index contributed by atoms with van der Waals surface area (Å²) in [6.07, 6.45) is 1.44. The van der Waals surface area contributed by atoms with Gasteiger partial charge in [0.25, 0.3) is 0 Å². The van der Waals surface area contributed by atoms with Crippen molar-refractivity contribution in [2.75, 3.05) is 5.73 Å². The van der Waals surface area contributed by atoms with Crippen LogP contribution in [0.2, 0.25) is 0 Å². The van der Waals surface area contributed by atoms with Gasteiger partial charge in [0.15, 0.2) is 0 Å². The summed E-state index contributed by atoms with van der Waals surface area (Å²) in [6, 6.07) is 5.07. The molecule has 76 valence electrons. The van der Waals surface area contributed by atoms with Crippen LogP contribution in [0.1, 0.15) is 5.56 Å². The topological polar surface area (TPSA) is 26.0 Å². The largest absolute Gasteiger partial charge is 0.398 e. The van der Waals surface area contributed by atoms with Crippen molar-refractivity contribution >= 4 is 23.1 Å². The van der Waals surface area contributed by atoms with Gasteiger partial charge in [-0.3, -0.25) is 0 Å². The zero-order valence-corrected chi connectivity index (χ0v) is 8.85. The van der Waals surface area contributed by atoms with Crippen LogP contribution in [0.3, 0.4) is 0 Å². The summed E-state index contributed by atoms with van der Waals surface area (Å²) >= 11 is 1.59. The van der Waals surface area contributed by atoms with Crippen LogP contribution in [0.4, 0.5) is 10.1 Å². The second-order valence-electron chi connectivity index (χ2n) is 3.14. The van der Waals surface area contributed by atoms with Crippen LogP contribution < -0.4 is 5.73 Å². The van der Waals surface area contributed by atoms with Gasteiger partial charge < -0.3 is 5.73 Å². The van der Waals surface area contributed by atoms with E-state index in [2.05, 4.69) is 6.58 Å². The summed E-state index contributed by atoms with van der Waals surface area (Å²) < 4.78 is 13.3. The SMILES string of the molecule is C=Cc1c(F)ccc(-c2ccsc2)c1N. The van der Waals surface area contributed by atoms with E-state index in [9.17, 15) is 4.39 Å². The smallest absolute Gasteiger partial charge is 0.132 e. The Balaban J connectivity index is 2.65. The molecule has 0 aliphatic carbocycles. The van der Waals surface area contributed by atoms with Crippen molar-refractivity contribution < 1.29 is 4.39 Å². The third-order valence-electron chi connectivity index (χ3n) is 2.27. The second kappa shape index (κ2) is 3.87. The second-order valence-corrected chi connectivity index (χ2v) is 3.92. The summed E-state index contributed by atoms with van der Waals surface area (Å²) in [6.45, 7) is 3.56. The van der Waals surface area contributed by atoms with E-state index in [-0.39, 0.29) is 5.82 Å². The van der Waals surface area contributed by atoms with E-state index in [1.807, 2.05) is 16.8 Å². The monoisotopic (exact) mass is 219 g/mol. The van der Waals surface area contributed by atoms with Crippen LogP contribution in [-0.4, -0.2) is 0 Å². The molecule has 0 saturated carbocycles. The van der Waals surface area contributed by atoms with E-state index in [1.165, 1.54) is 12.1 Å². The van der Waals surface area contributed by atoms with Crippen molar-refractivity contribution in [3.05, 3.63) is 46.9 Å². The lowest BCUT2D eigenvalue weighted by Crippen LogP contribution is -1.95. The number of anilines is 1. The molecule has 0 aliphatic heterocycles. The van der Waals surface area contributed by atoms with Gasteiger partial charge in [-0.25, -0.2) is 4.39 Å². The first-order valence-electron chi connectivity index (χ1n) is 4.47. The fraction of sp³-hybridized carbons (Fsp3) is 0. The van der Waals surface area contributed by atoms with Crippen LogP contribution in [0.5, 0.6) is 0 Å². The minimum Gasteiger partial charge on any atom is -0.398 e. The molecule has 1 heterocycles. The van der Waals surface area contributed by atoms with Gasteiger partial charge in [0, 0.05) is 16.8 Å². The van der Waals surface area contributed by atoms with Crippen LogP contribution in [0, 0.1) is 5.82 Å². The van der Waals surface area contributed by atoms with Crippen molar-refractivity contribution in [3.8, 4) is 11.1 Å². The minimum atomic E-state index is -0.332. The highest BCUT2D eigenvalue weighted by Crippen LogP contribution is 2.31. The predicted molar refractivity (Wildman–Crippen MR) is 64.2 cm³/mol. The van der Waals surface area contributed by atoms with Crippen molar-refractivity contribution in [1.82, 2.24) is 0 Å². The van der Waals surface area contributed by atoms with Crippen molar-refractivity contribution in [1.29, 1.82) is 0 Å². The summed E-state index contributed by atoms with van der Waals surface area (Å²) in [5, 5.41) is 3.95. The molecule has 1 aromatic heterocycles. The molecule has 1 aromatic carbocycles. The number of benzene rings is 1. The Morgan fingerprint density at radius 2 is 2.13 bits per heavy atom. The number of halogens is 1. The average molecular weight is 219 g/mol. The molecule has 15 heavy (non-hydrogen) atoms. The lowest BCUT2D eigenvalue weighted by molar-refractivity contribution is 0.626. The Morgan fingerprint density at radius 1 is 1.33 bits per heavy atom. The molecule has 0 fully saturated rings. The van der Waals surface area contributed by atoms with Crippen LogP contribution in [0.25, 0.3) is 17.2 Å². The maximum Gasteiger partial charge on any atom is 0.132 e. The first-order chi connectivity index (χ1) is 7.24. The van der Waals surface area contributed by atoms with E-state index in [0.29, 0.717) is 11.3 Å². The molecule has 0 bridgehead atoms. The molecule has 1 nitrogen and oxygen atoms in total. The lowest BCUT2D eigenvalue weighted by atomic mass is 10.0. The molecule has 3 heteroatoms. The fourth-order valence-electron chi connectivity index (χ4n) is 1.49. The number of nitrogen functional groups attached to an aromatic ring is 1. The van der Waals surface area contributed by atoms with Gasteiger partial charge in [-0.1, -0.05) is 12.7 Å². The van der Waals surface area contributed by atoms with Gasteiger partial charge >= 0.3 is 0 Å². The normalized spacial score (nSPS) is 10.2. The number of hydrogen-bond donors (Lipinski definition) is 1. The third-order valence-corrected chi connectivity index (χ3v) is 2.95. The number of thiophene rings is 1. The summed E-state index contributed by atoms with van der Waals surface area (Å²) in [5.41, 5.74) is 8.57. The quantitative estimate of drug-likeness (QED) is 0.764. The highest BCUT2D eigenvalue weighted by molar-refractivity contribution is 7.08. The zero-order valence-electron chi connectivity index (χ0n) is 8.03. The number of rotatable bonds is 2. The number of nitrogens with two attached hydrogens (primary N) is 1. The zero-order chi connectivity index (χ0) is 10.8. The molecule has 0 aliphatic rings. The highest BCUT2D eigenvalue weighted by Gasteiger charge is 2.09. The van der Waals surface area contributed by atoms with Crippen molar-refractivity contribution in [3.63, 3.8) is 0 Å². The standard InChI is InChI=1S/C12H10FNS/c1-2-9-11(13)4-3-10(12(9)14)8-5-6-15-7-8/h2-7H,1,14H2. The fourth-order valence-corrected chi connectivity index (χ4v) is 2.14. The molecule has 2 aromatic rings. The number of hydrogen-bond acceptors (Lipinski definition) is 2. The van der Waals surface area contributed by atoms with Gasteiger partial charge in [0.1, 0.15) is 5.82 Å². The van der Waals surface area contributed by atoms with Gasteiger partial charge in [-0.15, -0.1) is 0 Å². The van der Waals surface area contributed by atoms with Gasteiger partial charge in [0.05, 0.1) is 0 Å². The Bertz CT molecular complexity index is 489. The van der Waals surface area contributed by atoms with E-state index < -0.39 is 0 Å².